The van der Waals surface area contributed by atoms with E-state index in [4.69, 9.17) is 0 Å². The predicted molar refractivity (Wildman–Crippen MR) is 64.3 cm³/mol. The average molecular weight is 239 g/mol. The highest BCUT2D eigenvalue weighted by Crippen LogP contribution is 2.18. The maximum absolute atomic E-state index is 12.8. The predicted octanol–water partition coefficient (Wildman–Crippen LogP) is 1.89. The number of aryl methyl sites for hydroxylation is 1. The SMILES string of the molecule is CCC(=O)N[C@H](CF)[C@H](O)c1ccc(C)cc1. The van der Waals surface area contributed by atoms with Gasteiger partial charge in [0.05, 0.1) is 6.04 Å². The summed E-state index contributed by atoms with van der Waals surface area (Å²) in [6.07, 6.45) is -0.743. The van der Waals surface area contributed by atoms with Crippen molar-refractivity contribution in [2.45, 2.75) is 32.4 Å². The number of hydrogen-bond acceptors (Lipinski definition) is 2. The maximum atomic E-state index is 12.8. The zero-order valence-corrected chi connectivity index (χ0v) is 10.1. The van der Waals surface area contributed by atoms with Crippen molar-refractivity contribution in [3.05, 3.63) is 35.4 Å². The van der Waals surface area contributed by atoms with Crippen LogP contribution in [-0.4, -0.2) is 23.7 Å². The molecule has 1 amide bonds. The van der Waals surface area contributed by atoms with Gasteiger partial charge in [0, 0.05) is 6.42 Å². The van der Waals surface area contributed by atoms with E-state index in [0.717, 1.165) is 5.56 Å². The fourth-order valence-electron chi connectivity index (χ4n) is 1.51. The van der Waals surface area contributed by atoms with Crippen molar-refractivity contribution in [2.75, 3.05) is 6.67 Å². The van der Waals surface area contributed by atoms with Crippen LogP contribution in [0.5, 0.6) is 0 Å². The normalized spacial score (nSPS) is 14.1. The Morgan fingerprint density at radius 2 is 2.00 bits per heavy atom. The molecule has 3 nitrogen and oxygen atoms in total. The fraction of sp³-hybridized carbons (Fsp3) is 0.462. The molecule has 0 saturated heterocycles. The molecule has 1 aromatic carbocycles. The Kier molecular flexibility index (Phi) is 5.10. The summed E-state index contributed by atoms with van der Waals surface area (Å²) in [5.74, 6) is -0.265. The molecule has 0 bridgehead atoms. The van der Waals surface area contributed by atoms with Crippen molar-refractivity contribution in [2.24, 2.45) is 0 Å². The van der Waals surface area contributed by atoms with Gasteiger partial charge in [-0.2, -0.15) is 0 Å². The smallest absolute Gasteiger partial charge is 0.220 e. The van der Waals surface area contributed by atoms with Gasteiger partial charge in [0.25, 0.3) is 0 Å². The van der Waals surface area contributed by atoms with Crippen LogP contribution in [-0.2, 0) is 4.79 Å². The standard InChI is InChI=1S/C13H18FNO2/c1-3-12(16)15-11(8-14)13(17)10-6-4-9(2)5-7-10/h4-7,11,13,17H,3,8H2,1-2H3,(H,15,16)/t11-,13-/m1/s1. The molecule has 4 heteroatoms. The number of alkyl halides is 1. The molecule has 0 aliphatic heterocycles. The lowest BCUT2D eigenvalue weighted by Crippen LogP contribution is -2.40. The first-order chi connectivity index (χ1) is 8.08. The van der Waals surface area contributed by atoms with Crippen molar-refractivity contribution in [3.8, 4) is 0 Å². The molecule has 17 heavy (non-hydrogen) atoms. The van der Waals surface area contributed by atoms with Crippen LogP contribution in [0.2, 0.25) is 0 Å². The topological polar surface area (TPSA) is 49.3 Å². The summed E-state index contributed by atoms with van der Waals surface area (Å²) < 4.78 is 12.8. The number of carbonyl (C=O) groups is 1. The van der Waals surface area contributed by atoms with E-state index in [2.05, 4.69) is 5.32 Å². The first-order valence-corrected chi connectivity index (χ1v) is 5.68. The van der Waals surface area contributed by atoms with Crippen molar-refractivity contribution >= 4 is 5.91 Å². The minimum atomic E-state index is -1.02. The molecule has 1 rings (SSSR count). The molecular weight excluding hydrogens is 221 g/mol. The number of benzene rings is 1. The Morgan fingerprint density at radius 1 is 1.41 bits per heavy atom. The summed E-state index contributed by atoms with van der Waals surface area (Å²) >= 11 is 0. The van der Waals surface area contributed by atoms with E-state index < -0.39 is 18.8 Å². The summed E-state index contributed by atoms with van der Waals surface area (Å²) in [5.41, 5.74) is 1.67. The number of rotatable bonds is 5. The highest BCUT2D eigenvalue weighted by molar-refractivity contribution is 5.75. The molecule has 2 atom stereocenters. The van der Waals surface area contributed by atoms with E-state index in [9.17, 15) is 14.3 Å². The molecule has 0 fully saturated rings. The van der Waals surface area contributed by atoms with E-state index in [1.165, 1.54) is 0 Å². The van der Waals surface area contributed by atoms with Crippen LogP contribution < -0.4 is 5.32 Å². The van der Waals surface area contributed by atoms with Gasteiger partial charge >= 0.3 is 0 Å². The maximum Gasteiger partial charge on any atom is 0.220 e. The van der Waals surface area contributed by atoms with Crippen molar-refractivity contribution in [3.63, 3.8) is 0 Å². The minimum absolute atomic E-state index is 0.265. The molecule has 0 saturated carbocycles. The summed E-state index contributed by atoms with van der Waals surface area (Å²) in [6.45, 7) is 2.82. The summed E-state index contributed by atoms with van der Waals surface area (Å²) in [4.78, 5) is 11.2. The van der Waals surface area contributed by atoms with Crippen molar-refractivity contribution in [1.82, 2.24) is 5.32 Å². The molecule has 0 aliphatic carbocycles. The molecule has 0 heterocycles. The van der Waals surface area contributed by atoms with Crippen LogP contribution in [0.3, 0.4) is 0 Å². The molecule has 0 radical (unpaired) electrons. The van der Waals surface area contributed by atoms with Gasteiger partial charge in [0.15, 0.2) is 0 Å². The second-order valence-corrected chi connectivity index (χ2v) is 4.04. The molecule has 1 aromatic rings. The summed E-state index contributed by atoms with van der Waals surface area (Å²) in [6, 6.07) is 6.28. The fourth-order valence-corrected chi connectivity index (χ4v) is 1.51. The van der Waals surface area contributed by atoms with Gasteiger partial charge in [-0.1, -0.05) is 36.8 Å². The zero-order valence-electron chi connectivity index (χ0n) is 10.1. The second-order valence-electron chi connectivity index (χ2n) is 4.04. The highest BCUT2D eigenvalue weighted by atomic mass is 19.1. The summed E-state index contributed by atoms with van der Waals surface area (Å²) in [7, 11) is 0. The zero-order chi connectivity index (χ0) is 12.8. The van der Waals surface area contributed by atoms with E-state index in [1.54, 1.807) is 19.1 Å². The highest BCUT2D eigenvalue weighted by Gasteiger charge is 2.22. The molecule has 0 spiro atoms. The molecule has 0 unspecified atom stereocenters. The summed E-state index contributed by atoms with van der Waals surface area (Å²) in [5, 5.41) is 12.4. The third-order valence-electron chi connectivity index (χ3n) is 2.63. The Bertz CT molecular complexity index is 364. The third-order valence-corrected chi connectivity index (χ3v) is 2.63. The Labute approximate surface area is 101 Å². The Balaban J connectivity index is 2.74. The lowest BCUT2D eigenvalue weighted by molar-refractivity contribution is -0.122. The first-order valence-electron chi connectivity index (χ1n) is 5.68. The molecule has 0 aromatic heterocycles. The van der Waals surface area contributed by atoms with E-state index >= 15 is 0 Å². The van der Waals surface area contributed by atoms with Crippen LogP contribution in [0, 0.1) is 6.92 Å². The second kappa shape index (κ2) is 6.35. The molecule has 0 aliphatic rings. The van der Waals surface area contributed by atoms with Gasteiger partial charge in [-0.05, 0) is 12.5 Å². The number of halogens is 1. The number of aliphatic hydroxyl groups excluding tert-OH is 1. The molecule has 94 valence electrons. The monoisotopic (exact) mass is 239 g/mol. The van der Waals surface area contributed by atoms with E-state index in [1.807, 2.05) is 19.1 Å². The van der Waals surface area contributed by atoms with Crippen LogP contribution in [0.15, 0.2) is 24.3 Å². The van der Waals surface area contributed by atoms with Crippen molar-refractivity contribution in [1.29, 1.82) is 0 Å². The third kappa shape index (κ3) is 3.82. The Morgan fingerprint density at radius 3 is 2.47 bits per heavy atom. The number of amides is 1. The van der Waals surface area contributed by atoms with Gasteiger partial charge in [-0.3, -0.25) is 4.79 Å². The largest absolute Gasteiger partial charge is 0.386 e. The van der Waals surface area contributed by atoms with E-state index in [-0.39, 0.29) is 12.3 Å². The number of carbonyl (C=O) groups excluding carboxylic acids is 1. The van der Waals surface area contributed by atoms with Gasteiger partial charge in [0.1, 0.15) is 12.8 Å². The average Bonchev–Trinajstić information content (AvgIpc) is 2.35. The van der Waals surface area contributed by atoms with Gasteiger partial charge in [-0.25, -0.2) is 4.39 Å². The quantitative estimate of drug-likeness (QED) is 0.824. The van der Waals surface area contributed by atoms with Gasteiger partial charge in [0.2, 0.25) is 5.91 Å². The van der Waals surface area contributed by atoms with Crippen LogP contribution >= 0.6 is 0 Å². The molecule has 2 N–H and O–H groups in total. The van der Waals surface area contributed by atoms with Crippen molar-refractivity contribution < 1.29 is 14.3 Å². The lowest BCUT2D eigenvalue weighted by atomic mass is 10.0. The van der Waals surface area contributed by atoms with Crippen LogP contribution in [0.4, 0.5) is 4.39 Å². The van der Waals surface area contributed by atoms with Gasteiger partial charge in [-0.15, -0.1) is 0 Å². The van der Waals surface area contributed by atoms with E-state index in [0.29, 0.717) is 5.56 Å². The minimum Gasteiger partial charge on any atom is -0.386 e. The van der Waals surface area contributed by atoms with Crippen LogP contribution in [0.1, 0.15) is 30.6 Å². The number of aliphatic hydroxyl groups is 1. The van der Waals surface area contributed by atoms with Crippen LogP contribution in [0.25, 0.3) is 0 Å². The first kappa shape index (κ1) is 13.6. The molecular formula is C13H18FNO2. The number of hydrogen-bond donors (Lipinski definition) is 2. The van der Waals surface area contributed by atoms with Gasteiger partial charge < -0.3 is 10.4 Å². The Hall–Kier alpha value is -1.42. The number of nitrogens with one attached hydrogen (secondary N) is 1. The lowest BCUT2D eigenvalue weighted by Gasteiger charge is -2.21.